The van der Waals surface area contributed by atoms with Gasteiger partial charge in [0.2, 0.25) is 0 Å². The summed E-state index contributed by atoms with van der Waals surface area (Å²) in [6, 6.07) is 10.2. The molecule has 116 valence electrons. The van der Waals surface area contributed by atoms with Gasteiger partial charge in [0.1, 0.15) is 18.1 Å². The van der Waals surface area contributed by atoms with Crippen molar-refractivity contribution in [2.75, 3.05) is 14.2 Å². The van der Waals surface area contributed by atoms with Gasteiger partial charge < -0.3 is 14.2 Å². The fraction of sp³-hybridized carbons (Fsp3) is 0.250. The summed E-state index contributed by atoms with van der Waals surface area (Å²) in [4.78, 5) is 10.6. The SMILES string of the molecule is COc1ccc(OC)c(COc2ccc(C)cc2[N+](=O)[O-])c1. The van der Waals surface area contributed by atoms with Gasteiger partial charge in [0.15, 0.2) is 5.75 Å². The molecule has 22 heavy (non-hydrogen) atoms. The Morgan fingerprint density at radius 3 is 2.41 bits per heavy atom. The number of methoxy groups -OCH3 is 2. The van der Waals surface area contributed by atoms with Gasteiger partial charge in [-0.15, -0.1) is 0 Å². The van der Waals surface area contributed by atoms with Crippen LogP contribution in [-0.2, 0) is 6.61 Å². The van der Waals surface area contributed by atoms with Gasteiger partial charge in [-0.2, -0.15) is 0 Å². The van der Waals surface area contributed by atoms with E-state index in [1.807, 2.05) is 0 Å². The maximum atomic E-state index is 11.1. The summed E-state index contributed by atoms with van der Waals surface area (Å²) in [5.41, 5.74) is 1.50. The number of nitro groups is 1. The van der Waals surface area contributed by atoms with Crippen LogP contribution in [0, 0.1) is 17.0 Å². The third-order valence-corrected chi connectivity index (χ3v) is 3.18. The van der Waals surface area contributed by atoms with Crippen LogP contribution in [0.1, 0.15) is 11.1 Å². The first-order valence-electron chi connectivity index (χ1n) is 6.64. The minimum Gasteiger partial charge on any atom is -0.497 e. The molecule has 0 saturated heterocycles. The molecule has 2 rings (SSSR count). The van der Waals surface area contributed by atoms with Crippen LogP contribution >= 0.6 is 0 Å². The molecule has 0 heterocycles. The lowest BCUT2D eigenvalue weighted by Gasteiger charge is -2.12. The Morgan fingerprint density at radius 1 is 1.05 bits per heavy atom. The molecule has 0 aliphatic rings. The summed E-state index contributed by atoms with van der Waals surface area (Å²) in [6.07, 6.45) is 0. The second-order valence-corrected chi connectivity index (χ2v) is 4.69. The smallest absolute Gasteiger partial charge is 0.311 e. The van der Waals surface area contributed by atoms with Gasteiger partial charge in [0.05, 0.1) is 19.1 Å². The standard InChI is InChI=1S/C16H17NO5/c1-11-4-6-16(14(8-11)17(18)19)22-10-12-9-13(20-2)5-7-15(12)21-3/h4-9H,10H2,1-3H3. The zero-order valence-electron chi connectivity index (χ0n) is 12.7. The van der Waals surface area contributed by atoms with Crippen molar-refractivity contribution in [3.05, 3.63) is 57.6 Å². The predicted octanol–water partition coefficient (Wildman–Crippen LogP) is 3.50. The van der Waals surface area contributed by atoms with Crippen LogP contribution < -0.4 is 14.2 Å². The van der Waals surface area contributed by atoms with Crippen molar-refractivity contribution in [3.63, 3.8) is 0 Å². The van der Waals surface area contributed by atoms with E-state index in [1.165, 1.54) is 6.07 Å². The Hall–Kier alpha value is -2.76. The Bertz CT molecular complexity index is 684. The van der Waals surface area contributed by atoms with E-state index in [0.29, 0.717) is 11.5 Å². The van der Waals surface area contributed by atoms with Gasteiger partial charge in [0, 0.05) is 11.6 Å². The van der Waals surface area contributed by atoms with Crippen LogP contribution in [0.3, 0.4) is 0 Å². The minimum atomic E-state index is -0.453. The van der Waals surface area contributed by atoms with Crippen LogP contribution in [0.2, 0.25) is 0 Å². The van der Waals surface area contributed by atoms with E-state index < -0.39 is 4.92 Å². The fourth-order valence-corrected chi connectivity index (χ4v) is 2.04. The number of hydrogen-bond donors (Lipinski definition) is 0. The predicted molar refractivity (Wildman–Crippen MR) is 81.7 cm³/mol. The highest BCUT2D eigenvalue weighted by molar-refractivity contribution is 5.49. The zero-order chi connectivity index (χ0) is 16.1. The average Bonchev–Trinajstić information content (AvgIpc) is 2.53. The van der Waals surface area contributed by atoms with E-state index in [9.17, 15) is 10.1 Å². The average molecular weight is 303 g/mol. The Morgan fingerprint density at radius 2 is 1.77 bits per heavy atom. The van der Waals surface area contributed by atoms with Crippen molar-refractivity contribution in [2.45, 2.75) is 13.5 Å². The number of aryl methyl sites for hydroxylation is 1. The van der Waals surface area contributed by atoms with E-state index in [2.05, 4.69) is 0 Å². The fourth-order valence-electron chi connectivity index (χ4n) is 2.04. The summed E-state index contributed by atoms with van der Waals surface area (Å²) >= 11 is 0. The summed E-state index contributed by atoms with van der Waals surface area (Å²) < 4.78 is 16.0. The van der Waals surface area contributed by atoms with E-state index in [1.54, 1.807) is 51.5 Å². The molecule has 6 heteroatoms. The number of hydrogen-bond acceptors (Lipinski definition) is 5. The van der Waals surface area contributed by atoms with E-state index in [4.69, 9.17) is 14.2 Å². The second kappa shape index (κ2) is 6.80. The van der Waals surface area contributed by atoms with Gasteiger partial charge in [-0.05, 0) is 36.8 Å². The summed E-state index contributed by atoms with van der Waals surface area (Å²) in [5, 5.41) is 11.1. The van der Waals surface area contributed by atoms with Crippen LogP contribution in [-0.4, -0.2) is 19.1 Å². The molecule has 0 amide bonds. The molecule has 0 saturated carbocycles. The molecule has 0 spiro atoms. The normalized spacial score (nSPS) is 10.1. The first kappa shape index (κ1) is 15.6. The highest BCUT2D eigenvalue weighted by Gasteiger charge is 2.16. The maximum Gasteiger partial charge on any atom is 0.311 e. The number of ether oxygens (including phenoxy) is 3. The highest BCUT2D eigenvalue weighted by atomic mass is 16.6. The summed E-state index contributed by atoms with van der Waals surface area (Å²) in [5.74, 6) is 1.52. The maximum absolute atomic E-state index is 11.1. The van der Waals surface area contributed by atoms with Crippen LogP contribution in [0.15, 0.2) is 36.4 Å². The minimum absolute atomic E-state index is 0.0538. The number of benzene rings is 2. The van der Waals surface area contributed by atoms with E-state index in [0.717, 1.165) is 11.1 Å². The molecule has 2 aromatic rings. The number of nitrogens with zero attached hydrogens (tertiary/aromatic N) is 1. The molecule has 0 aliphatic heterocycles. The molecule has 2 aromatic carbocycles. The van der Waals surface area contributed by atoms with E-state index in [-0.39, 0.29) is 18.0 Å². The number of nitro benzene ring substituents is 1. The van der Waals surface area contributed by atoms with Crippen LogP contribution in [0.4, 0.5) is 5.69 Å². The van der Waals surface area contributed by atoms with Gasteiger partial charge in [-0.3, -0.25) is 10.1 Å². The molecule has 0 atom stereocenters. The Labute approximate surface area is 128 Å². The van der Waals surface area contributed by atoms with Crippen molar-refractivity contribution in [2.24, 2.45) is 0 Å². The molecule has 0 unspecified atom stereocenters. The Balaban J connectivity index is 2.25. The monoisotopic (exact) mass is 303 g/mol. The molecule has 0 bridgehead atoms. The summed E-state index contributed by atoms with van der Waals surface area (Å²) in [7, 11) is 3.12. The zero-order valence-corrected chi connectivity index (χ0v) is 12.7. The molecule has 6 nitrogen and oxygen atoms in total. The lowest BCUT2D eigenvalue weighted by Crippen LogP contribution is -2.02. The first-order valence-corrected chi connectivity index (χ1v) is 6.64. The highest BCUT2D eigenvalue weighted by Crippen LogP contribution is 2.30. The Kier molecular flexibility index (Phi) is 4.83. The topological polar surface area (TPSA) is 70.8 Å². The van der Waals surface area contributed by atoms with Crippen molar-refractivity contribution in [1.29, 1.82) is 0 Å². The lowest BCUT2D eigenvalue weighted by atomic mass is 10.2. The molecular formula is C16H17NO5. The molecule has 0 fully saturated rings. The number of rotatable bonds is 6. The molecule has 0 aliphatic carbocycles. The largest absolute Gasteiger partial charge is 0.497 e. The third kappa shape index (κ3) is 3.46. The van der Waals surface area contributed by atoms with Crippen LogP contribution in [0.5, 0.6) is 17.2 Å². The van der Waals surface area contributed by atoms with Gasteiger partial charge >= 0.3 is 5.69 Å². The first-order chi connectivity index (χ1) is 10.5. The summed E-state index contributed by atoms with van der Waals surface area (Å²) in [6.45, 7) is 1.94. The van der Waals surface area contributed by atoms with Gasteiger partial charge in [0.25, 0.3) is 0 Å². The molecule has 0 radical (unpaired) electrons. The van der Waals surface area contributed by atoms with Crippen LogP contribution in [0.25, 0.3) is 0 Å². The van der Waals surface area contributed by atoms with Crippen molar-refractivity contribution >= 4 is 5.69 Å². The quantitative estimate of drug-likeness (QED) is 0.603. The van der Waals surface area contributed by atoms with Gasteiger partial charge in [-0.1, -0.05) is 6.07 Å². The van der Waals surface area contributed by atoms with Crippen molar-refractivity contribution < 1.29 is 19.1 Å². The van der Waals surface area contributed by atoms with Crippen molar-refractivity contribution in [3.8, 4) is 17.2 Å². The molecule has 0 N–H and O–H groups in total. The van der Waals surface area contributed by atoms with E-state index >= 15 is 0 Å². The second-order valence-electron chi connectivity index (χ2n) is 4.69. The third-order valence-electron chi connectivity index (χ3n) is 3.18. The van der Waals surface area contributed by atoms with Crippen molar-refractivity contribution in [1.82, 2.24) is 0 Å². The lowest BCUT2D eigenvalue weighted by molar-refractivity contribution is -0.386. The van der Waals surface area contributed by atoms with Gasteiger partial charge in [-0.25, -0.2) is 0 Å². The molecule has 0 aromatic heterocycles. The molecular weight excluding hydrogens is 286 g/mol.